The number of aromatic nitrogens is 2. The first-order chi connectivity index (χ1) is 14.9. The molecule has 0 unspecified atom stereocenters. The third-order valence-electron chi connectivity index (χ3n) is 5.53. The molecule has 1 amide bonds. The van der Waals surface area contributed by atoms with Crippen LogP contribution in [0, 0.1) is 11.6 Å². The second-order valence-corrected chi connectivity index (χ2v) is 8.44. The summed E-state index contributed by atoms with van der Waals surface area (Å²) in [6, 6.07) is 3.21. The lowest BCUT2D eigenvalue weighted by molar-refractivity contribution is -0.113. The highest BCUT2D eigenvalue weighted by molar-refractivity contribution is 8.00. The van der Waals surface area contributed by atoms with Crippen LogP contribution in [0.5, 0.6) is 0 Å². The van der Waals surface area contributed by atoms with Crippen LogP contribution in [0.2, 0.25) is 0 Å². The Balaban J connectivity index is 1.72. The van der Waals surface area contributed by atoms with Crippen molar-refractivity contribution in [2.24, 2.45) is 0 Å². The zero-order valence-electron chi connectivity index (χ0n) is 17.9. The van der Waals surface area contributed by atoms with Gasteiger partial charge in [0.1, 0.15) is 5.03 Å². The van der Waals surface area contributed by atoms with Crippen molar-refractivity contribution in [1.29, 1.82) is 0 Å². The number of fused-ring (bicyclic) bond motifs is 1. The van der Waals surface area contributed by atoms with Crippen molar-refractivity contribution in [2.75, 3.05) is 30.7 Å². The summed E-state index contributed by atoms with van der Waals surface area (Å²) in [5.74, 6) is -2.33. The van der Waals surface area contributed by atoms with Crippen molar-refractivity contribution in [2.45, 2.75) is 51.1 Å². The summed E-state index contributed by atoms with van der Waals surface area (Å²) < 4.78 is 28.2. The Morgan fingerprint density at radius 3 is 2.65 bits per heavy atom. The summed E-state index contributed by atoms with van der Waals surface area (Å²) >= 11 is 1.21. The molecule has 0 saturated carbocycles. The molecule has 3 rings (SSSR count). The molecular formula is C22H28F2N4O2S. The molecule has 2 aromatic rings. The van der Waals surface area contributed by atoms with E-state index in [1.165, 1.54) is 17.8 Å². The van der Waals surface area contributed by atoms with Gasteiger partial charge in [-0.15, -0.1) is 0 Å². The average molecular weight is 451 g/mol. The first-order valence-corrected chi connectivity index (χ1v) is 11.6. The second kappa shape index (κ2) is 10.9. The molecule has 0 spiro atoms. The number of halogens is 2. The lowest BCUT2D eigenvalue weighted by Gasteiger charge is -2.24. The third kappa shape index (κ3) is 5.92. The summed E-state index contributed by atoms with van der Waals surface area (Å²) in [5.41, 5.74) is 1.99. The molecule has 0 fully saturated rings. The number of nitrogens with zero attached hydrogens (tertiary/aromatic N) is 3. The van der Waals surface area contributed by atoms with Crippen LogP contribution in [0.3, 0.4) is 0 Å². The minimum absolute atomic E-state index is 0.0291. The van der Waals surface area contributed by atoms with E-state index in [1.54, 1.807) is 4.57 Å². The van der Waals surface area contributed by atoms with E-state index in [0.29, 0.717) is 11.6 Å². The molecule has 0 atom stereocenters. The quantitative estimate of drug-likeness (QED) is 0.468. The normalized spacial score (nSPS) is 13.3. The highest BCUT2D eigenvalue weighted by atomic mass is 32.2. The average Bonchev–Trinajstić information content (AvgIpc) is 2.76. The summed E-state index contributed by atoms with van der Waals surface area (Å²) in [4.78, 5) is 31.6. The number of thioether (sulfide) groups is 1. The Labute approximate surface area is 185 Å². The van der Waals surface area contributed by atoms with E-state index >= 15 is 0 Å². The maximum Gasteiger partial charge on any atom is 0.348 e. The van der Waals surface area contributed by atoms with Gasteiger partial charge in [0.25, 0.3) is 0 Å². The Bertz CT molecular complexity index is 992. The highest BCUT2D eigenvalue weighted by Crippen LogP contribution is 2.28. The zero-order chi connectivity index (χ0) is 22.4. The molecule has 0 radical (unpaired) electrons. The molecule has 168 valence electrons. The smallest absolute Gasteiger partial charge is 0.325 e. The van der Waals surface area contributed by atoms with E-state index in [2.05, 4.69) is 29.0 Å². The first-order valence-electron chi connectivity index (χ1n) is 10.7. The summed E-state index contributed by atoms with van der Waals surface area (Å²) in [7, 11) is 0. The van der Waals surface area contributed by atoms with Gasteiger partial charge in [0.15, 0.2) is 11.6 Å². The van der Waals surface area contributed by atoms with Crippen molar-refractivity contribution in [3.05, 3.63) is 51.6 Å². The minimum atomic E-state index is -1.02. The fourth-order valence-corrected chi connectivity index (χ4v) is 4.66. The van der Waals surface area contributed by atoms with E-state index in [4.69, 9.17) is 0 Å². The van der Waals surface area contributed by atoms with E-state index in [-0.39, 0.29) is 23.0 Å². The lowest BCUT2D eigenvalue weighted by atomic mass is 9.97. The largest absolute Gasteiger partial charge is 0.348 e. The standard InChI is InChI=1S/C22H28F2N4O2S/c1-3-27(4-2)11-12-28-19-8-6-5-7-16(19)21(26-22(28)30)31-14-20(29)25-15-9-10-17(23)18(24)13-15/h9-10,13H,3-8,11-12,14H2,1-2H3,(H,25,29). The predicted octanol–water partition coefficient (Wildman–Crippen LogP) is 3.47. The topological polar surface area (TPSA) is 67.2 Å². The minimum Gasteiger partial charge on any atom is -0.325 e. The Kier molecular flexibility index (Phi) is 8.20. The van der Waals surface area contributed by atoms with Gasteiger partial charge in [-0.3, -0.25) is 9.36 Å². The van der Waals surface area contributed by atoms with Crippen LogP contribution in [0.1, 0.15) is 37.9 Å². The van der Waals surface area contributed by atoms with Crippen LogP contribution in [0.25, 0.3) is 0 Å². The Morgan fingerprint density at radius 2 is 1.94 bits per heavy atom. The van der Waals surface area contributed by atoms with Gasteiger partial charge in [-0.05, 0) is 50.9 Å². The van der Waals surface area contributed by atoms with Crippen LogP contribution < -0.4 is 11.0 Å². The molecule has 1 aromatic carbocycles. The number of hydrogen-bond acceptors (Lipinski definition) is 5. The Morgan fingerprint density at radius 1 is 1.19 bits per heavy atom. The zero-order valence-corrected chi connectivity index (χ0v) is 18.7. The van der Waals surface area contributed by atoms with Crippen LogP contribution in [0.4, 0.5) is 14.5 Å². The van der Waals surface area contributed by atoms with Crippen molar-refractivity contribution in [3.63, 3.8) is 0 Å². The van der Waals surface area contributed by atoms with Gasteiger partial charge in [0.05, 0.1) is 5.75 Å². The van der Waals surface area contributed by atoms with E-state index in [1.807, 2.05) is 0 Å². The number of nitrogens with one attached hydrogen (secondary N) is 1. The van der Waals surface area contributed by atoms with Crippen molar-refractivity contribution in [1.82, 2.24) is 14.5 Å². The number of hydrogen-bond donors (Lipinski definition) is 1. The molecule has 1 N–H and O–H groups in total. The molecule has 31 heavy (non-hydrogen) atoms. The number of rotatable bonds is 9. The van der Waals surface area contributed by atoms with Crippen molar-refractivity contribution in [3.8, 4) is 0 Å². The van der Waals surface area contributed by atoms with Crippen LogP contribution in [-0.2, 0) is 24.2 Å². The number of carbonyl (C=O) groups is 1. The summed E-state index contributed by atoms with van der Waals surface area (Å²) in [5, 5.41) is 3.15. The number of amides is 1. The molecule has 9 heteroatoms. The number of anilines is 1. The number of carbonyl (C=O) groups excluding carboxylic acids is 1. The molecule has 1 aliphatic carbocycles. The van der Waals surface area contributed by atoms with Crippen LogP contribution in [0.15, 0.2) is 28.0 Å². The van der Waals surface area contributed by atoms with Gasteiger partial charge in [-0.2, -0.15) is 4.98 Å². The molecular weight excluding hydrogens is 422 g/mol. The lowest BCUT2D eigenvalue weighted by Crippen LogP contribution is -2.35. The molecule has 6 nitrogen and oxygen atoms in total. The maximum absolute atomic E-state index is 13.3. The molecule has 1 heterocycles. The fraction of sp³-hybridized carbons (Fsp3) is 0.500. The first kappa shape index (κ1) is 23.4. The molecule has 1 aromatic heterocycles. The highest BCUT2D eigenvalue weighted by Gasteiger charge is 2.21. The van der Waals surface area contributed by atoms with Crippen molar-refractivity contribution >= 4 is 23.4 Å². The molecule has 1 aliphatic rings. The van der Waals surface area contributed by atoms with Gasteiger partial charge in [0.2, 0.25) is 5.91 Å². The van der Waals surface area contributed by atoms with Crippen molar-refractivity contribution < 1.29 is 13.6 Å². The van der Waals surface area contributed by atoms with E-state index in [9.17, 15) is 18.4 Å². The maximum atomic E-state index is 13.3. The van der Waals surface area contributed by atoms with E-state index < -0.39 is 11.6 Å². The molecule has 0 saturated heterocycles. The summed E-state index contributed by atoms with van der Waals surface area (Å²) in [6.45, 7) is 7.47. The van der Waals surface area contributed by atoms with Gasteiger partial charge < -0.3 is 10.2 Å². The Hall–Kier alpha value is -2.26. The number of likely N-dealkylation sites (N-methyl/N-ethyl adjacent to an activating group) is 1. The SMILES string of the molecule is CCN(CC)CCn1c2c(c(SCC(=O)Nc3ccc(F)c(F)c3)nc1=O)CCCC2. The van der Waals surface area contributed by atoms with Crippen LogP contribution in [-0.4, -0.2) is 45.7 Å². The van der Waals surface area contributed by atoms with Gasteiger partial charge >= 0.3 is 5.69 Å². The molecule has 0 aliphatic heterocycles. The summed E-state index contributed by atoms with van der Waals surface area (Å²) in [6.07, 6.45) is 3.72. The van der Waals surface area contributed by atoms with Gasteiger partial charge in [0, 0.05) is 36.1 Å². The molecule has 0 bridgehead atoms. The third-order valence-corrected chi connectivity index (χ3v) is 6.55. The fourth-order valence-electron chi connectivity index (χ4n) is 3.78. The second-order valence-electron chi connectivity index (χ2n) is 7.48. The van der Waals surface area contributed by atoms with Gasteiger partial charge in [-0.1, -0.05) is 25.6 Å². The monoisotopic (exact) mass is 450 g/mol. The number of benzene rings is 1. The van der Waals surface area contributed by atoms with Crippen LogP contribution >= 0.6 is 11.8 Å². The van der Waals surface area contributed by atoms with E-state index in [0.717, 1.165) is 68.7 Å². The predicted molar refractivity (Wildman–Crippen MR) is 119 cm³/mol. The van der Waals surface area contributed by atoms with Gasteiger partial charge in [-0.25, -0.2) is 13.6 Å².